The zero-order valence-corrected chi connectivity index (χ0v) is 10.8. The van der Waals surface area contributed by atoms with E-state index in [1.54, 1.807) is 0 Å². The van der Waals surface area contributed by atoms with Crippen LogP contribution in [0, 0.1) is 0 Å². The van der Waals surface area contributed by atoms with Crippen LogP contribution in [0.5, 0.6) is 0 Å². The highest BCUT2D eigenvalue weighted by molar-refractivity contribution is 6.08. The summed E-state index contributed by atoms with van der Waals surface area (Å²) in [5, 5.41) is 6.72. The van der Waals surface area contributed by atoms with Gasteiger partial charge in [-0.25, -0.2) is 0 Å². The van der Waals surface area contributed by atoms with E-state index in [4.69, 9.17) is 0 Å². The predicted molar refractivity (Wildman–Crippen MR) is 70.6 cm³/mol. The van der Waals surface area contributed by atoms with Crippen molar-refractivity contribution in [3.8, 4) is 0 Å². The predicted octanol–water partition coefficient (Wildman–Crippen LogP) is 1.66. The monoisotopic (exact) mass is 233 g/mol. The fourth-order valence-electron chi connectivity index (χ4n) is 1.59. The van der Waals surface area contributed by atoms with E-state index < -0.39 is 0 Å². The first-order chi connectivity index (χ1) is 7.93. The Morgan fingerprint density at radius 2 is 1.56 bits per heavy atom. The molecule has 0 saturated heterocycles. The first-order valence-corrected chi connectivity index (χ1v) is 6.74. The average Bonchev–Trinajstić information content (AvgIpc) is 2.34. The number of nitrogens with one attached hydrogen (secondary N) is 2. The summed E-state index contributed by atoms with van der Waals surface area (Å²) in [5.74, 6) is 0. The maximum absolute atomic E-state index is 3.46. The van der Waals surface area contributed by atoms with Crippen molar-refractivity contribution in [3.05, 3.63) is 35.9 Å². The lowest BCUT2D eigenvalue weighted by Gasteiger charge is -2.05. The van der Waals surface area contributed by atoms with Gasteiger partial charge < -0.3 is 10.6 Å². The smallest absolute Gasteiger partial charge is 0.0428 e. The molecule has 2 N–H and O–H groups in total. The van der Waals surface area contributed by atoms with E-state index in [1.807, 2.05) is 0 Å². The van der Waals surface area contributed by atoms with Crippen molar-refractivity contribution < 1.29 is 0 Å². The second-order valence-electron chi connectivity index (χ2n) is 3.90. The van der Waals surface area contributed by atoms with Crippen LogP contribution in [0.15, 0.2) is 30.3 Å². The molecular formula is C13H21N2Si. The van der Waals surface area contributed by atoms with Gasteiger partial charge in [0.2, 0.25) is 0 Å². The third kappa shape index (κ3) is 6.77. The molecule has 0 atom stereocenters. The molecule has 0 bridgehead atoms. The summed E-state index contributed by atoms with van der Waals surface area (Å²) in [6.07, 6.45) is 4.71. The third-order valence-corrected chi connectivity index (χ3v) is 2.75. The molecule has 0 aliphatic rings. The maximum Gasteiger partial charge on any atom is 0.0428 e. The van der Waals surface area contributed by atoms with Gasteiger partial charge in [-0.3, -0.25) is 0 Å². The molecule has 1 aromatic rings. The first kappa shape index (κ1) is 13.4. The fraction of sp³-hybridized carbons (Fsp3) is 0.538. The molecule has 87 valence electrons. The Kier molecular flexibility index (Phi) is 8.03. The van der Waals surface area contributed by atoms with Gasteiger partial charge in [0.15, 0.2) is 0 Å². The van der Waals surface area contributed by atoms with Crippen LogP contribution in [0.2, 0.25) is 0 Å². The van der Waals surface area contributed by atoms with Crippen LogP contribution in [0.3, 0.4) is 0 Å². The summed E-state index contributed by atoms with van der Waals surface area (Å²) in [4.78, 5) is 0. The lowest BCUT2D eigenvalue weighted by Crippen LogP contribution is -2.17. The molecule has 0 fully saturated rings. The zero-order chi connectivity index (χ0) is 11.5. The van der Waals surface area contributed by atoms with Crippen molar-refractivity contribution in [2.24, 2.45) is 0 Å². The quantitative estimate of drug-likeness (QED) is 0.501. The molecule has 3 radical (unpaired) electrons. The Hall–Kier alpha value is -0.643. The third-order valence-electron chi connectivity index (χ3n) is 2.50. The Morgan fingerprint density at radius 3 is 2.25 bits per heavy atom. The van der Waals surface area contributed by atoms with Crippen molar-refractivity contribution in [2.45, 2.75) is 25.8 Å². The SMILES string of the molecule is [Si]CNCCCCCNCc1ccccc1. The van der Waals surface area contributed by atoms with E-state index in [2.05, 4.69) is 51.2 Å². The van der Waals surface area contributed by atoms with Crippen LogP contribution < -0.4 is 10.6 Å². The van der Waals surface area contributed by atoms with Crippen LogP contribution in [-0.4, -0.2) is 29.5 Å². The lowest BCUT2D eigenvalue weighted by atomic mass is 10.2. The van der Waals surface area contributed by atoms with Crippen molar-refractivity contribution in [2.75, 3.05) is 19.3 Å². The van der Waals surface area contributed by atoms with E-state index in [9.17, 15) is 0 Å². The Bertz CT molecular complexity index is 251. The summed E-state index contributed by atoms with van der Waals surface area (Å²) >= 11 is 0. The second-order valence-corrected chi connectivity index (χ2v) is 4.25. The summed E-state index contributed by atoms with van der Waals surface area (Å²) < 4.78 is 0. The van der Waals surface area contributed by atoms with Gasteiger partial charge in [-0.2, -0.15) is 0 Å². The molecule has 0 spiro atoms. The highest BCUT2D eigenvalue weighted by Gasteiger charge is 1.91. The normalized spacial score (nSPS) is 10.6. The van der Waals surface area contributed by atoms with Crippen molar-refractivity contribution in [1.82, 2.24) is 10.6 Å². The van der Waals surface area contributed by atoms with Gasteiger partial charge in [-0.1, -0.05) is 36.8 Å². The molecule has 1 rings (SSSR count). The standard InChI is InChI=1S/C13H21N2Si/c16-12-15-10-6-2-5-9-14-11-13-7-3-1-4-8-13/h1,3-4,7-8,14-15H,2,5-6,9-12H2. The van der Waals surface area contributed by atoms with Crippen LogP contribution in [0.1, 0.15) is 24.8 Å². The molecule has 0 heterocycles. The van der Waals surface area contributed by atoms with Gasteiger partial charge in [-0.15, -0.1) is 0 Å². The van der Waals surface area contributed by atoms with E-state index in [0.717, 1.165) is 25.8 Å². The zero-order valence-electron chi connectivity index (χ0n) is 9.84. The number of unbranched alkanes of at least 4 members (excludes halogenated alkanes) is 2. The van der Waals surface area contributed by atoms with Gasteiger partial charge in [0.1, 0.15) is 0 Å². The Morgan fingerprint density at radius 1 is 0.875 bits per heavy atom. The maximum atomic E-state index is 3.46. The van der Waals surface area contributed by atoms with Crippen molar-refractivity contribution in [1.29, 1.82) is 0 Å². The summed E-state index contributed by atoms with van der Waals surface area (Å²) in [6, 6.07) is 10.5. The molecule has 3 heteroatoms. The van der Waals surface area contributed by atoms with Crippen LogP contribution >= 0.6 is 0 Å². The van der Waals surface area contributed by atoms with Crippen LogP contribution in [0.4, 0.5) is 0 Å². The first-order valence-electron chi connectivity index (χ1n) is 6.03. The highest BCUT2D eigenvalue weighted by atomic mass is 28.1. The highest BCUT2D eigenvalue weighted by Crippen LogP contribution is 1.98. The molecular weight excluding hydrogens is 212 g/mol. The lowest BCUT2D eigenvalue weighted by molar-refractivity contribution is 0.587. The number of rotatable bonds is 9. The molecule has 0 aromatic heterocycles. The van der Waals surface area contributed by atoms with Gasteiger partial charge in [-0.05, 0) is 37.7 Å². The minimum Gasteiger partial charge on any atom is -0.320 e. The van der Waals surface area contributed by atoms with Crippen molar-refractivity contribution in [3.63, 3.8) is 0 Å². The van der Waals surface area contributed by atoms with Crippen LogP contribution in [0.25, 0.3) is 0 Å². The molecule has 0 aliphatic carbocycles. The topological polar surface area (TPSA) is 24.1 Å². The number of hydrogen-bond donors (Lipinski definition) is 2. The van der Waals surface area contributed by atoms with Crippen molar-refractivity contribution >= 4 is 10.2 Å². The fourth-order valence-corrected chi connectivity index (χ4v) is 1.77. The van der Waals surface area contributed by atoms with Crippen LogP contribution in [-0.2, 0) is 6.54 Å². The molecule has 16 heavy (non-hydrogen) atoms. The second kappa shape index (κ2) is 9.57. The summed E-state index contributed by atoms with van der Waals surface area (Å²) in [7, 11) is 3.39. The largest absolute Gasteiger partial charge is 0.320 e. The van der Waals surface area contributed by atoms with Gasteiger partial charge in [0.05, 0.1) is 0 Å². The van der Waals surface area contributed by atoms with E-state index >= 15 is 0 Å². The molecule has 0 unspecified atom stereocenters. The van der Waals surface area contributed by atoms with E-state index in [-0.39, 0.29) is 0 Å². The molecule has 1 aromatic carbocycles. The molecule has 2 nitrogen and oxygen atoms in total. The summed E-state index contributed by atoms with van der Waals surface area (Å²) in [5.41, 5.74) is 1.36. The van der Waals surface area contributed by atoms with E-state index in [0.29, 0.717) is 0 Å². The van der Waals surface area contributed by atoms with Gasteiger partial charge in [0, 0.05) is 16.8 Å². The Balaban J connectivity index is 1.89. The molecule has 0 aliphatic heterocycles. The van der Waals surface area contributed by atoms with E-state index in [1.165, 1.54) is 24.8 Å². The number of hydrogen-bond acceptors (Lipinski definition) is 2. The summed E-state index contributed by atoms with van der Waals surface area (Å²) in [6.45, 7) is 3.21. The van der Waals surface area contributed by atoms with Gasteiger partial charge in [0.25, 0.3) is 0 Å². The minimum absolute atomic E-state index is 0.895. The molecule has 0 amide bonds. The number of benzene rings is 1. The van der Waals surface area contributed by atoms with Gasteiger partial charge >= 0.3 is 0 Å². The minimum atomic E-state index is 0.895. The average molecular weight is 233 g/mol. The molecule has 0 saturated carbocycles. The Labute approximate surface area is 102 Å².